The zero-order valence-electron chi connectivity index (χ0n) is 14.1. The monoisotopic (exact) mass is 330 g/mol. The van der Waals surface area contributed by atoms with Crippen LogP contribution in [0.3, 0.4) is 0 Å². The topological polar surface area (TPSA) is 62.7 Å². The molecular formula is C20H18N4O. The molecule has 0 saturated heterocycles. The number of fused-ring (bicyclic) bond motifs is 1. The Balaban J connectivity index is 1.64. The molecule has 124 valence electrons. The van der Waals surface area contributed by atoms with E-state index in [2.05, 4.69) is 15.4 Å². The number of para-hydroxylation sites is 2. The van der Waals surface area contributed by atoms with E-state index in [4.69, 9.17) is 0 Å². The lowest BCUT2D eigenvalue weighted by molar-refractivity contribution is 0.102. The van der Waals surface area contributed by atoms with Crippen molar-refractivity contribution in [2.45, 2.75) is 13.8 Å². The van der Waals surface area contributed by atoms with Crippen LogP contribution in [0.1, 0.15) is 21.6 Å². The number of hydrogen-bond donors (Lipinski definition) is 2. The molecule has 2 heterocycles. The van der Waals surface area contributed by atoms with Crippen LogP contribution in [0.5, 0.6) is 0 Å². The quantitative estimate of drug-likeness (QED) is 0.591. The van der Waals surface area contributed by atoms with Gasteiger partial charge in [-0.15, -0.1) is 0 Å². The van der Waals surface area contributed by atoms with Crippen molar-refractivity contribution in [1.29, 1.82) is 0 Å². The van der Waals surface area contributed by atoms with Gasteiger partial charge in [-0.2, -0.15) is 5.10 Å². The molecule has 0 aliphatic rings. The van der Waals surface area contributed by atoms with Crippen LogP contribution < -0.4 is 5.32 Å². The highest BCUT2D eigenvalue weighted by Crippen LogP contribution is 2.27. The smallest absolute Gasteiger partial charge is 0.258 e. The van der Waals surface area contributed by atoms with Crippen molar-refractivity contribution in [3.63, 3.8) is 0 Å². The Bertz CT molecular complexity index is 1070. The van der Waals surface area contributed by atoms with E-state index in [0.29, 0.717) is 5.56 Å². The zero-order chi connectivity index (χ0) is 17.4. The van der Waals surface area contributed by atoms with E-state index in [1.54, 1.807) is 17.1 Å². The van der Waals surface area contributed by atoms with Gasteiger partial charge in [-0.25, -0.2) is 4.68 Å². The first kappa shape index (κ1) is 15.2. The van der Waals surface area contributed by atoms with Gasteiger partial charge < -0.3 is 10.3 Å². The van der Waals surface area contributed by atoms with Crippen LogP contribution in [0.2, 0.25) is 0 Å². The van der Waals surface area contributed by atoms with E-state index in [1.807, 2.05) is 62.4 Å². The summed E-state index contributed by atoms with van der Waals surface area (Å²) in [7, 11) is 0. The predicted molar refractivity (Wildman–Crippen MR) is 99.3 cm³/mol. The van der Waals surface area contributed by atoms with Gasteiger partial charge in [0.05, 0.1) is 23.1 Å². The van der Waals surface area contributed by atoms with Gasteiger partial charge in [0.25, 0.3) is 5.91 Å². The highest BCUT2D eigenvalue weighted by molar-refractivity contribution is 6.09. The lowest BCUT2D eigenvalue weighted by Gasteiger charge is -2.05. The van der Waals surface area contributed by atoms with Crippen LogP contribution in [-0.2, 0) is 0 Å². The molecule has 1 amide bonds. The number of aromatic nitrogens is 3. The van der Waals surface area contributed by atoms with Crippen LogP contribution in [-0.4, -0.2) is 20.7 Å². The zero-order valence-corrected chi connectivity index (χ0v) is 14.1. The first-order chi connectivity index (χ1) is 12.1. The van der Waals surface area contributed by atoms with E-state index in [-0.39, 0.29) is 5.91 Å². The number of carbonyl (C=O) groups is 1. The Morgan fingerprint density at radius 1 is 1.08 bits per heavy atom. The van der Waals surface area contributed by atoms with Crippen LogP contribution in [0, 0.1) is 13.8 Å². The van der Waals surface area contributed by atoms with Crippen LogP contribution in [0.4, 0.5) is 5.69 Å². The molecule has 0 aliphatic carbocycles. The van der Waals surface area contributed by atoms with Crippen LogP contribution in [0.25, 0.3) is 16.6 Å². The van der Waals surface area contributed by atoms with Gasteiger partial charge in [-0.1, -0.05) is 36.4 Å². The molecule has 0 atom stereocenters. The number of rotatable bonds is 3. The van der Waals surface area contributed by atoms with Crippen molar-refractivity contribution in [1.82, 2.24) is 14.8 Å². The summed E-state index contributed by atoms with van der Waals surface area (Å²) in [5.74, 6) is -0.173. The van der Waals surface area contributed by atoms with Crippen molar-refractivity contribution >= 4 is 22.5 Å². The normalized spacial score (nSPS) is 11.0. The average molecular weight is 330 g/mol. The maximum Gasteiger partial charge on any atom is 0.258 e. The average Bonchev–Trinajstić information content (AvgIpc) is 3.21. The molecular weight excluding hydrogens is 312 g/mol. The number of nitrogens with zero attached hydrogens (tertiary/aromatic N) is 2. The van der Waals surface area contributed by atoms with Crippen molar-refractivity contribution in [2.75, 3.05) is 5.32 Å². The predicted octanol–water partition coefficient (Wildman–Crippen LogP) is 4.22. The number of benzene rings is 2. The molecule has 0 unspecified atom stereocenters. The third-order valence-electron chi connectivity index (χ3n) is 4.34. The van der Waals surface area contributed by atoms with Gasteiger partial charge in [-0.05, 0) is 31.5 Å². The van der Waals surface area contributed by atoms with Gasteiger partial charge in [0.15, 0.2) is 0 Å². The molecule has 0 aliphatic heterocycles. The van der Waals surface area contributed by atoms with Gasteiger partial charge in [0.2, 0.25) is 0 Å². The van der Waals surface area contributed by atoms with Gasteiger partial charge in [0.1, 0.15) is 0 Å². The Morgan fingerprint density at radius 3 is 2.68 bits per heavy atom. The first-order valence-electron chi connectivity index (χ1n) is 8.13. The Kier molecular flexibility index (Phi) is 3.61. The highest BCUT2D eigenvalue weighted by atomic mass is 16.1. The summed E-state index contributed by atoms with van der Waals surface area (Å²) in [4.78, 5) is 15.9. The molecule has 2 aromatic heterocycles. The molecule has 0 radical (unpaired) electrons. The number of aromatic amines is 1. The maximum absolute atomic E-state index is 12.7. The second kappa shape index (κ2) is 5.94. The molecule has 0 fully saturated rings. The standard InChI is InChI=1S/C20H18N4O/c1-13-7-3-6-10-18(13)24-12-15(11-21-24)20(25)23-19-14(2)22-17-9-5-4-8-16(17)19/h3-12,22H,1-2H3,(H,23,25). The second-order valence-corrected chi connectivity index (χ2v) is 6.08. The van der Waals surface area contributed by atoms with E-state index in [0.717, 1.165) is 33.5 Å². The molecule has 0 spiro atoms. The van der Waals surface area contributed by atoms with Gasteiger partial charge >= 0.3 is 0 Å². The molecule has 5 heteroatoms. The minimum absolute atomic E-state index is 0.173. The van der Waals surface area contributed by atoms with Gasteiger partial charge in [0, 0.05) is 22.8 Å². The molecule has 0 saturated carbocycles. The van der Waals surface area contributed by atoms with E-state index in [9.17, 15) is 4.79 Å². The van der Waals surface area contributed by atoms with Crippen LogP contribution >= 0.6 is 0 Å². The molecule has 5 nitrogen and oxygen atoms in total. The summed E-state index contributed by atoms with van der Waals surface area (Å²) in [5.41, 5.74) is 5.33. The molecule has 2 N–H and O–H groups in total. The largest absolute Gasteiger partial charge is 0.357 e. The summed E-state index contributed by atoms with van der Waals surface area (Å²) in [6.45, 7) is 3.97. The van der Waals surface area contributed by atoms with E-state index < -0.39 is 0 Å². The lowest BCUT2D eigenvalue weighted by Crippen LogP contribution is -2.11. The minimum Gasteiger partial charge on any atom is -0.357 e. The summed E-state index contributed by atoms with van der Waals surface area (Å²) >= 11 is 0. The number of H-pyrrole nitrogens is 1. The summed E-state index contributed by atoms with van der Waals surface area (Å²) in [5, 5.41) is 8.34. The SMILES string of the molecule is Cc1ccccc1-n1cc(C(=O)Nc2c(C)[nH]c3ccccc23)cn1. The third-order valence-corrected chi connectivity index (χ3v) is 4.34. The third kappa shape index (κ3) is 2.70. The van der Waals surface area contributed by atoms with Crippen molar-refractivity contribution in [3.05, 3.63) is 77.7 Å². The Labute approximate surface area is 145 Å². The number of carbonyl (C=O) groups excluding carboxylic acids is 1. The number of anilines is 1. The van der Waals surface area contributed by atoms with E-state index >= 15 is 0 Å². The second-order valence-electron chi connectivity index (χ2n) is 6.08. The summed E-state index contributed by atoms with van der Waals surface area (Å²) in [6, 6.07) is 15.9. The highest BCUT2D eigenvalue weighted by Gasteiger charge is 2.14. The fourth-order valence-electron chi connectivity index (χ4n) is 3.02. The molecule has 25 heavy (non-hydrogen) atoms. The number of nitrogens with one attached hydrogen (secondary N) is 2. The summed E-state index contributed by atoms with van der Waals surface area (Å²) in [6.07, 6.45) is 3.34. The number of aryl methyl sites for hydroxylation is 2. The number of hydrogen-bond acceptors (Lipinski definition) is 2. The first-order valence-corrected chi connectivity index (χ1v) is 8.13. The number of amides is 1. The van der Waals surface area contributed by atoms with Gasteiger partial charge in [-0.3, -0.25) is 4.79 Å². The minimum atomic E-state index is -0.173. The lowest BCUT2D eigenvalue weighted by atomic mass is 10.2. The fourth-order valence-corrected chi connectivity index (χ4v) is 3.02. The summed E-state index contributed by atoms with van der Waals surface area (Å²) < 4.78 is 1.73. The van der Waals surface area contributed by atoms with Crippen molar-refractivity contribution < 1.29 is 4.79 Å². The van der Waals surface area contributed by atoms with Crippen molar-refractivity contribution in [2.24, 2.45) is 0 Å². The Morgan fingerprint density at radius 2 is 1.84 bits per heavy atom. The van der Waals surface area contributed by atoms with Crippen LogP contribution in [0.15, 0.2) is 60.9 Å². The fraction of sp³-hybridized carbons (Fsp3) is 0.100. The Hall–Kier alpha value is -3.34. The van der Waals surface area contributed by atoms with Crippen molar-refractivity contribution in [3.8, 4) is 5.69 Å². The molecule has 4 aromatic rings. The van der Waals surface area contributed by atoms with E-state index in [1.165, 1.54) is 0 Å². The maximum atomic E-state index is 12.7. The molecule has 4 rings (SSSR count). The molecule has 2 aromatic carbocycles. The molecule has 0 bridgehead atoms.